The van der Waals surface area contributed by atoms with E-state index in [1.807, 2.05) is 38.0 Å². The van der Waals surface area contributed by atoms with Gasteiger partial charge in [-0.1, -0.05) is 6.07 Å². The molecule has 19 heavy (non-hydrogen) atoms. The highest BCUT2D eigenvalue weighted by atomic mass is 15.3. The van der Waals surface area contributed by atoms with Gasteiger partial charge in [0, 0.05) is 25.1 Å². The molecule has 0 aliphatic rings. The Hall–Kier alpha value is -1.72. The van der Waals surface area contributed by atoms with E-state index < -0.39 is 0 Å². The fourth-order valence-electron chi connectivity index (χ4n) is 2.36. The lowest BCUT2D eigenvalue weighted by Crippen LogP contribution is -2.30. The van der Waals surface area contributed by atoms with Gasteiger partial charge in [0.2, 0.25) is 0 Å². The molecule has 0 saturated carbocycles. The van der Waals surface area contributed by atoms with Crippen LogP contribution in [0.4, 0.5) is 0 Å². The average molecular weight is 259 g/mol. The molecular weight excluding hydrogens is 238 g/mol. The quantitative estimate of drug-likeness (QED) is 0.645. The molecule has 0 spiro atoms. The Labute approximate surface area is 113 Å². The molecule has 0 fully saturated rings. The molecule has 102 valence electrons. The van der Waals surface area contributed by atoms with Crippen molar-refractivity contribution >= 4 is 0 Å². The predicted octanol–water partition coefficient (Wildman–Crippen LogP) is 1.49. The van der Waals surface area contributed by atoms with Crippen LogP contribution in [0, 0.1) is 20.8 Å². The molecule has 0 aromatic carbocycles. The topological polar surface area (TPSA) is 68.8 Å². The van der Waals surface area contributed by atoms with Gasteiger partial charge in [0.15, 0.2) is 0 Å². The van der Waals surface area contributed by atoms with Gasteiger partial charge in [0.1, 0.15) is 0 Å². The van der Waals surface area contributed by atoms with Crippen LogP contribution < -0.4 is 11.3 Å². The third-order valence-electron chi connectivity index (χ3n) is 3.57. The second-order valence-corrected chi connectivity index (χ2v) is 4.99. The average Bonchev–Trinajstić information content (AvgIpc) is 2.61. The maximum Gasteiger partial charge on any atom is 0.0629 e. The fraction of sp³-hybridized carbons (Fsp3) is 0.429. The molecule has 5 heteroatoms. The van der Waals surface area contributed by atoms with Gasteiger partial charge in [-0.15, -0.1) is 0 Å². The van der Waals surface area contributed by atoms with Crippen molar-refractivity contribution in [1.29, 1.82) is 0 Å². The molecule has 2 aromatic rings. The Morgan fingerprint density at radius 3 is 2.58 bits per heavy atom. The molecule has 0 amide bonds. The van der Waals surface area contributed by atoms with Gasteiger partial charge in [-0.25, -0.2) is 0 Å². The zero-order valence-corrected chi connectivity index (χ0v) is 11.9. The Morgan fingerprint density at radius 2 is 2.05 bits per heavy atom. The van der Waals surface area contributed by atoms with Crippen molar-refractivity contribution in [1.82, 2.24) is 20.2 Å². The third-order valence-corrected chi connectivity index (χ3v) is 3.57. The van der Waals surface area contributed by atoms with Crippen LogP contribution in [0.2, 0.25) is 0 Å². The number of rotatable bonds is 4. The number of hydrogen-bond acceptors (Lipinski definition) is 4. The predicted molar refractivity (Wildman–Crippen MR) is 75.4 cm³/mol. The van der Waals surface area contributed by atoms with Crippen LogP contribution in [0.5, 0.6) is 0 Å². The molecule has 5 nitrogen and oxygen atoms in total. The van der Waals surface area contributed by atoms with Crippen LogP contribution in [-0.4, -0.2) is 14.8 Å². The van der Waals surface area contributed by atoms with Gasteiger partial charge in [0.05, 0.1) is 11.7 Å². The van der Waals surface area contributed by atoms with Gasteiger partial charge in [-0.2, -0.15) is 5.10 Å². The molecule has 0 aliphatic heterocycles. The van der Waals surface area contributed by atoms with Crippen LogP contribution in [0.1, 0.15) is 34.1 Å². The van der Waals surface area contributed by atoms with Crippen molar-refractivity contribution in [3.63, 3.8) is 0 Å². The van der Waals surface area contributed by atoms with Crippen molar-refractivity contribution in [3.05, 3.63) is 46.5 Å². The minimum Gasteiger partial charge on any atom is -0.272 e. The second-order valence-electron chi connectivity index (χ2n) is 4.99. The SMILES string of the molecule is Cc1cncc(C(Cc2c(C)nn(C)c2C)NN)c1. The van der Waals surface area contributed by atoms with Gasteiger partial charge in [-0.05, 0) is 43.9 Å². The summed E-state index contributed by atoms with van der Waals surface area (Å²) in [5.41, 5.74) is 8.60. The summed E-state index contributed by atoms with van der Waals surface area (Å²) in [7, 11) is 1.96. The maximum absolute atomic E-state index is 5.70. The van der Waals surface area contributed by atoms with E-state index in [1.165, 1.54) is 11.3 Å². The Morgan fingerprint density at radius 1 is 1.32 bits per heavy atom. The molecule has 0 aliphatic carbocycles. The van der Waals surface area contributed by atoms with Crippen LogP contribution in [0.15, 0.2) is 18.5 Å². The number of nitrogens with zero attached hydrogens (tertiary/aromatic N) is 3. The first kappa shape index (κ1) is 13.7. The lowest BCUT2D eigenvalue weighted by molar-refractivity contribution is 0.547. The first-order valence-electron chi connectivity index (χ1n) is 6.39. The summed E-state index contributed by atoms with van der Waals surface area (Å²) in [5, 5.41) is 4.44. The summed E-state index contributed by atoms with van der Waals surface area (Å²) >= 11 is 0. The van der Waals surface area contributed by atoms with Crippen molar-refractivity contribution in [2.45, 2.75) is 33.2 Å². The molecule has 1 unspecified atom stereocenters. The third kappa shape index (κ3) is 2.83. The highest BCUT2D eigenvalue weighted by Gasteiger charge is 2.17. The van der Waals surface area contributed by atoms with E-state index in [9.17, 15) is 0 Å². The summed E-state index contributed by atoms with van der Waals surface area (Å²) in [5.74, 6) is 5.70. The highest BCUT2D eigenvalue weighted by Crippen LogP contribution is 2.22. The molecule has 0 radical (unpaired) electrons. The van der Waals surface area contributed by atoms with E-state index in [1.54, 1.807) is 0 Å². The van der Waals surface area contributed by atoms with E-state index in [2.05, 4.69) is 28.5 Å². The highest BCUT2D eigenvalue weighted by molar-refractivity contribution is 5.29. The van der Waals surface area contributed by atoms with Crippen LogP contribution in [-0.2, 0) is 13.5 Å². The molecule has 1 atom stereocenters. The number of hydrogen-bond donors (Lipinski definition) is 2. The summed E-state index contributed by atoms with van der Waals surface area (Å²) in [6.07, 6.45) is 4.52. The Kier molecular flexibility index (Phi) is 3.97. The van der Waals surface area contributed by atoms with Crippen molar-refractivity contribution in [2.24, 2.45) is 12.9 Å². The van der Waals surface area contributed by atoms with E-state index in [4.69, 9.17) is 5.84 Å². The minimum atomic E-state index is 0.0500. The standard InChI is InChI=1S/C14H21N5/c1-9-5-12(8-16-7-9)14(17-15)6-13-10(2)18-19(4)11(13)3/h5,7-8,14,17H,6,15H2,1-4H3. The van der Waals surface area contributed by atoms with Crippen LogP contribution >= 0.6 is 0 Å². The molecule has 2 heterocycles. The van der Waals surface area contributed by atoms with E-state index >= 15 is 0 Å². The number of nitrogens with one attached hydrogen (secondary N) is 1. The summed E-state index contributed by atoms with van der Waals surface area (Å²) in [6.45, 7) is 6.15. The maximum atomic E-state index is 5.70. The zero-order valence-electron chi connectivity index (χ0n) is 11.9. The van der Waals surface area contributed by atoms with Crippen molar-refractivity contribution in [2.75, 3.05) is 0 Å². The lowest BCUT2D eigenvalue weighted by atomic mass is 9.98. The fourth-order valence-corrected chi connectivity index (χ4v) is 2.36. The Balaban J connectivity index is 2.29. The van der Waals surface area contributed by atoms with Crippen LogP contribution in [0.25, 0.3) is 0 Å². The lowest BCUT2D eigenvalue weighted by Gasteiger charge is -2.16. The van der Waals surface area contributed by atoms with E-state index in [0.717, 1.165) is 23.2 Å². The molecule has 0 saturated heterocycles. The number of nitrogens with two attached hydrogens (primary N) is 1. The molecule has 2 rings (SSSR count). The monoisotopic (exact) mass is 259 g/mol. The summed E-state index contributed by atoms with van der Waals surface area (Å²) < 4.78 is 1.91. The number of aryl methyl sites for hydroxylation is 3. The van der Waals surface area contributed by atoms with E-state index in [0.29, 0.717) is 0 Å². The molecule has 3 N–H and O–H groups in total. The minimum absolute atomic E-state index is 0.0500. The van der Waals surface area contributed by atoms with Gasteiger partial charge in [0.25, 0.3) is 0 Å². The zero-order chi connectivity index (χ0) is 14.0. The van der Waals surface area contributed by atoms with E-state index in [-0.39, 0.29) is 6.04 Å². The molecule has 2 aromatic heterocycles. The number of aromatic nitrogens is 3. The largest absolute Gasteiger partial charge is 0.272 e. The smallest absolute Gasteiger partial charge is 0.0629 e. The van der Waals surface area contributed by atoms with Gasteiger partial charge >= 0.3 is 0 Å². The number of hydrazine groups is 1. The van der Waals surface area contributed by atoms with Gasteiger partial charge < -0.3 is 0 Å². The van der Waals surface area contributed by atoms with Crippen molar-refractivity contribution < 1.29 is 0 Å². The first-order chi connectivity index (χ1) is 9.02. The van der Waals surface area contributed by atoms with Gasteiger partial charge in [-0.3, -0.25) is 20.9 Å². The molecular formula is C14H21N5. The van der Waals surface area contributed by atoms with Crippen molar-refractivity contribution in [3.8, 4) is 0 Å². The normalized spacial score (nSPS) is 12.7. The number of pyridine rings is 1. The Bertz CT molecular complexity index is 573. The first-order valence-corrected chi connectivity index (χ1v) is 6.39. The van der Waals surface area contributed by atoms with Crippen LogP contribution in [0.3, 0.4) is 0 Å². The summed E-state index contributed by atoms with van der Waals surface area (Å²) in [4.78, 5) is 4.23. The summed E-state index contributed by atoms with van der Waals surface area (Å²) in [6, 6.07) is 2.16. The molecule has 0 bridgehead atoms. The second kappa shape index (κ2) is 5.50.